The third-order valence-electron chi connectivity index (χ3n) is 5.23. The molecule has 0 atom stereocenters. The smallest absolute Gasteiger partial charge is 0.483 e. The Balaban J connectivity index is 0.000000638. The highest BCUT2D eigenvalue weighted by Gasteiger charge is 2.38. The summed E-state index contributed by atoms with van der Waals surface area (Å²) in [4.78, 5) is 36.3. The molecule has 0 bridgehead atoms. The van der Waals surface area contributed by atoms with E-state index in [-0.39, 0.29) is 12.5 Å². The molecule has 0 aromatic heterocycles. The molecule has 0 spiro atoms. The number of hydrogen-bond acceptors (Lipinski definition) is 6. The molecule has 0 radical (unpaired) electrons. The quantitative estimate of drug-likeness (QED) is 0.484. The van der Waals surface area contributed by atoms with Gasteiger partial charge < -0.3 is 29.5 Å². The van der Waals surface area contributed by atoms with Crippen LogP contribution in [0.1, 0.15) is 11.1 Å². The first-order valence-electron chi connectivity index (χ1n) is 11.1. The van der Waals surface area contributed by atoms with Crippen molar-refractivity contribution in [3.8, 4) is 11.5 Å². The molecule has 1 heterocycles. The number of benzene rings is 2. The molecule has 0 aliphatic carbocycles. The third kappa shape index (κ3) is 10.3. The Morgan fingerprint density at radius 1 is 0.868 bits per heavy atom. The number of likely N-dealkylation sites (N-methyl/N-ethyl adjacent to an activating group) is 1. The van der Waals surface area contributed by atoms with Gasteiger partial charge in [0.15, 0.2) is 13.2 Å². The van der Waals surface area contributed by atoms with Gasteiger partial charge in [-0.05, 0) is 43.4 Å². The predicted molar refractivity (Wildman–Crippen MR) is 132 cm³/mol. The summed E-state index contributed by atoms with van der Waals surface area (Å²) in [5.41, 5.74) is 1.42. The van der Waals surface area contributed by atoms with Crippen LogP contribution in [0.25, 0.3) is 0 Å². The van der Waals surface area contributed by atoms with Gasteiger partial charge in [-0.2, -0.15) is 13.2 Å². The van der Waals surface area contributed by atoms with Crippen molar-refractivity contribution < 1.29 is 47.2 Å². The van der Waals surface area contributed by atoms with Crippen LogP contribution in [0.2, 0.25) is 10.0 Å². The first kappa shape index (κ1) is 31.0. The molecule has 3 rings (SSSR count). The second-order valence-electron chi connectivity index (χ2n) is 8.14. The zero-order valence-corrected chi connectivity index (χ0v) is 21.6. The monoisotopic (exact) mass is 580 g/mol. The van der Waals surface area contributed by atoms with Gasteiger partial charge >= 0.3 is 18.1 Å². The van der Waals surface area contributed by atoms with Crippen molar-refractivity contribution in [1.82, 2.24) is 9.80 Å². The molecule has 9 nitrogen and oxygen atoms in total. The molecule has 1 saturated heterocycles. The summed E-state index contributed by atoms with van der Waals surface area (Å²) in [5.74, 6) is -2.97. The molecule has 1 fully saturated rings. The zero-order valence-electron chi connectivity index (χ0n) is 20.1. The summed E-state index contributed by atoms with van der Waals surface area (Å²) in [5, 5.41) is 17.0. The van der Waals surface area contributed by atoms with Gasteiger partial charge in [-0.1, -0.05) is 23.2 Å². The minimum Gasteiger partial charge on any atom is -0.483 e. The topological polar surface area (TPSA) is 117 Å². The van der Waals surface area contributed by atoms with Gasteiger partial charge in [-0.25, -0.2) is 9.59 Å². The lowest BCUT2D eigenvalue weighted by Gasteiger charge is -2.32. The average Bonchev–Trinajstić information content (AvgIpc) is 2.83. The Morgan fingerprint density at radius 2 is 1.32 bits per heavy atom. The van der Waals surface area contributed by atoms with Gasteiger partial charge in [0.25, 0.3) is 5.91 Å². The number of hydrogen-bond donors (Lipinski definition) is 2. The van der Waals surface area contributed by atoms with Crippen molar-refractivity contribution in [3.63, 3.8) is 0 Å². The first-order valence-corrected chi connectivity index (χ1v) is 11.8. The Labute approximate surface area is 226 Å². The number of rotatable bonds is 8. The molecule has 1 amide bonds. The highest BCUT2D eigenvalue weighted by Crippen LogP contribution is 2.31. The second-order valence-corrected chi connectivity index (χ2v) is 9.01. The number of aliphatic carboxylic acids is 2. The van der Waals surface area contributed by atoms with Crippen LogP contribution in [0, 0.1) is 0 Å². The molecule has 0 unspecified atom stereocenters. The third-order valence-corrected chi connectivity index (χ3v) is 5.70. The van der Waals surface area contributed by atoms with Crippen molar-refractivity contribution >= 4 is 41.0 Å². The largest absolute Gasteiger partial charge is 0.490 e. The number of amides is 1. The summed E-state index contributed by atoms with van der Waals surface area (Å²) in [7, 11) is 2.03. The van der Waals surface area contributed by atoms with E-state index in [0.29, 0.717) is 46.6 Å². The Kier molecular flexibility index (Phi) is 11.5. The molecule has 2 aromatic carbocycles. The lowest BCUT2D eigenvalue weighted by atomic mass is 10.0. The van der Waals surface area contributed by atoms with Crippen LogP contribution in [0.5, 0.6) is 11.5 Å². The molecule has 0 saturated carbocycles. The number of carbonyl (C=O) groups is 3. The standard InChI is InChI=1S/C22H24Cl2N2O5.C2HF3O2/c1-25-6-8-26(9-7-25)21(27)13-30-19-4-2-17(23)11-15(19)10-16-12-18(24)3-5-20(16)31-14-22(28)29;3-2(4,5)1(6)7/h2-5,11-12H,6-10,13-14H2,1H3,(H,28,29);(H,6,7). The Hall–Kier alpha value is -3.22. The van der Waals surface area contributed by atoms with Crippen molar-refractivity contribution in [3.05, 3.63) is 57.6 Å². The molecular formula is C24H25Cl2F3N2O7. The summed E-state index contributed by atoms with van der Waals surface area (Å²) in [6.45, 7) is 2.50. The average molecular weight is 581 g/mol. The Bertz CT molecular complexity index is 1140. The van der Waals surface area contributed by atoms with Crippen molar-refractivity contribution in [2.45, 2.75) is 12.6 Å². The van der Waals surface area contributed by atoms with Crippen LogP contribution < -0.4 is 9.47 Å². The molecule has 2 aromatic rings. The fourth-order valence-electron chi connectivity index (χ4n) is 3.29. The Morgan fingerprint density at radius 3 is 1.74 bits per heavy atom. The minimum absolute atomic E-state index is 0.0674. The fourth-order valence-corrected chi connectivity index (χ4v) is 3.67. The van der Waals surface area contributed by atoms with Crippen LogP contribution in [0.15, 0.2) is 36.4 Å². The SMILES string of the molecule is CN1CCN(C(=O)COc2ccc(Cl)cc2Cc2cc(Cl)ccc2OCC(=O)O)CC1.O=C(O)C(F)(F)F. The number of nitrogens with zero attached hydrogens (tertiary/aromatic N) is 2. The highest BCUT2D eigenvalue weighted by molar-refractivity contribution is 6.31. The van der Waals surface area contributed by atoms with E-state index < -0.39 is 24.7 Å². The first-order chi connectivity index (χ1) is 17.8. The maximum absolute atomic E-state index is 12.5. The van der Waals surface area contributed by atoms with Gasteiger partial charge in [-0.3, -0.25) is 4.79 Å². The van der Waals surface area contributed by atoms with Gasteiger partial charge in [0.2, 0.25) is 0 Å². The molecule has 208 valence electrons. The van der Waals surface area contributed by atoms with Crippen LogP contribution in [-0.4, -0.2) is 90.5 Å². The summed E-state index contributed by atoms with van der Waals surface area (Å²) >= 11 is 12.3. The molecule has 38 heavy (non-hydrogen) atoms. The van der Waals surface area contributed by atoms with Crippen LogP contribution in [0.4, 0.5) is 13.2 Å². The van der Waals surface area contributed by atoms with Crippen molar-refractivity contribution in [2.24, 2.45) is 0 Å². The normalized spacial score (nSPS) is 13.8. The van der Waals surface area contributed by atoms with Gasteiger partial charge in [0.05, 0.1) is 0 Å². The van der Waals surface area contributed by atoms with E-state index in [0.717, 1.165) is 18.7 Å². The number of alkyl halides is 3. The van der Waals surface area contributed by atoms with Crippen LogP contribution >= 0.6 is 23.2 Å². The van der Waals surface area contributed by atoms with E-state index in [1.165, 1.54) is 0 Å². The van der Waals surface area contributed by atoms with Crippen molar-refractivity contribution in [1.29, 1.82) is 0 Å². The molecular weight excluding hydrogens is 556 g/mol. The molecule has 14 heteroatoms. The number of ether oxygens (including phenoxy) is 2. The number of halogens is 5. The number of carboxylic acids is 2. The minimum atomic E-state index is -5.08. The molecule has 1 aliphatic rings. The summed E-state index contributed by atoms with van der Waals surface area (Å²) < 4.78 is 43.0. The number of carbonyl (C=O) groups excluding carboxylic acids is 1. The lowest BCUT2D eigenvalue weighted by molar-refractivity contribution is -0.192. The number of carboxylic acid groups (broad SMARTS) is 2. The van der Waals surface area contributed by atoms with Crippen LogP contribution in [0.3, 0.4) is 0 Å². The van der Waals surface area contributed by atoms with Crippen molar-refractivity contribution in [2.75, 3.05) is 46.4 Å². The lowest BCUT2D eigenvalue weighted by Crippen LogP contribution is -2.48. The van der Waals surface area contributed by atoms with E-state index in [2.05, 4.69) is 4.90 Å². The van der Waals surface area contributed by atoms with E-state index >= 15 is 0 Å². The fraction of sp³-hybridized carbons (Fsp3) is 0.375. The van der Waals surface area contributed by atoms with E-state index in [9.17, 15) is 22.8 Å². The van der Waals surface area contributed by atoms with E-state index in [1.807, 2.05) is 7.05 Å². The zero-order chi connectivity index (χ0) is 28.5. The number of piperazine rings is 1. The summed E-state index contributed by atoms with van der Waals surface area (Å²) in [6, 6.07) is 10.1. The summed E-state index contributed by atoms with van der Waals surface area (Å²) in [6.07, 6.45) is -4.74. The highest BCUT2D eigenvalue weighted by atomic mass is 35.5. The van der Waals surface area contributed by atoms with Gasteiger partial charge in [-0.15, -0.1) is 0 Å². The van der Waals surface area contributed by atoms with E-state index in [1.54, 1.807) is 41.3 Å². The maximum atomic E-state index is 12.5. The molecule has 1 aliphatic heterocycles. The van der Waals surface area contributed by atoms with Gasteiger partial charge in [0.1, 0.15) is 11.5 Å². The van der Waals surface area contributed by atoms with Gasteiger partial charge in [0, 0.05) is 53.8 Å². The predicted octanol–water partition coefficient (Wildman–Crippen LogP) is 3.83. The van der Waals surface area contributed by atoms with Crippen LogP contribution in [-0.2, 0) is 20.8 Å². The maximum Gasteiger partial charge on any atom is 0.490 e. The molecule has 2 N–H and O–H groups in total. The second kappa shape index (κ2) is 14.1. The van der Waals surface area contributed by atoms with E-state index in [4.69, 9.17) is 47.7 Å².